The number of aryl methyl sites for hydroxylation is 2. The number of hydrogen-bond donors (Lipinski definition) is 0. The topological polar surface area (TPSA) is 81.4 Å². The molecule has 8 heteroatoms. The van der Waals surface area contributed by atoms with Gasteiger partial charge in [0.1, 0.15) is 6.26 Å². The Morgan fingerprint density at radius 3 is 2.79 bits per heavy atom. The lowest BCUT2D eigenvalue weighted by atomic mass is 10.0. The number of nitrogens with zero attached hydrogens (tertiary/aromatic N) is 4. The second kappa shape index (κ2) is 7.98. The standard InChI is InChI=1S/C21H21FN4O3/c1-13-11-19(29-18-9-4-3-7-15(18)22)25-20(23-13)17-8-5-6-10-26(17)21(27)16-12-28-14(2)24-16/h3-4,7,9,11-12,17H,5-6,8,10H2,1-2H3/t17-/m1/s1. The Morgan fingerprint density at radius 2 is 2.03 bits per heavy atom. The Morgan fingerprint density at radius 1 is 1.21 bits per heavy atom. The van der Waals surface area contributed by atoms with Crippen LogP contribution >= 0.6 is 0 Å². The van der Waals surface area contributed by atoms with Crippen molar-refractivity contribution in [2.45, 2.75) is 39.2 Å². The number of aromatic nitrogens is 3. The molecule has 7 nitrogen and oxygen atoms in total. The summed E-state index contributed by atoms with van der Waals surface area (Å²) in [5, 5.41) is 0. The van der Waals surface area contributed by atoms with Gasteiger partial charge < -0.3 is 14.1 Å². The van der Waals surface area contributed by atoms with Crippen LogP contribution in [0.4, 0.5) is 4.39 Å². The molecular weight excluding hydrogens is 375 g/mol. The second-order valence-corrected chi connectivity index (χ2v) is 7.00. The van der Waals surface area contributed by atoms with E-state index in [0.29, 0.717) is 24.0 Å². The van der Waals surface area contributed by atoms with E-state index in [1.54, 1.807) is 30.0 Å². The molecule has 1 amide bonds. The van der Waals surface area contributed by atoms with Crippen molar-refractivity contribution in [2.24, 2.45) is 0 Å². The number of carbonyl (C=O) groups is 1. The van der Waals surface area contributed by atoms with Crippen molar-refractivity contribution in [1.82, 2.24) is 19.9 Å². The van der Waals surface area contributed by atoms with Crippen LogP contribution in [0.5, 0.6) is 11.6 Å². The maximum Gasteiger partial charge on any atom is 0.276 e. The van der Waals surface area contributed by atoms with Crippen molar-refractivity contribution in [1.29, 1.82) is 0 Å². The van der Waals surface area contributed by atoms with Gasteiger partial charge in [-0.25, -0.2) is 14.4 Å². The Balaban J connectivity index is 1.64. The molecule has 0 bridgehead atoms. The number of benzene rings is 1. The fourth-order valence-electron chi connectivity index (χ4n) is 3.46. The molecule has 1 aliphatic heterocycles. The molecule has 1 fully saturated rings. The fourth-order valence-corrected chi connectivity index (χ4v) is 3.46. The van der Waals surface area contributed by atoms with E-state index in [-0.39, 0.29) is 29.3 Å². The summed E-state index contributed by atoms with van der Waals surface area (Å²) in [6, 6.07) is 7.48. The smallest absolute Gasteiger partial charge is 0.276 e. The largest absolute Gasteiger partial charge is 0.448 e. The summed E-state index contributed by atoms with van der Waals surface area (Å²) in [6.07, 6.45) is 3.94. The van der Waals surface area contributed by atoms with E-state index in [1.165, 1.54) is 18.4 Å². The van der Waals surface area contributed by atoms with Crippen LogP contribution in [0.15, 0.2) is 41.0 Å². The summed E-state index contributed by atoms with van der Waals surface area (Å²) >= 11 is 0. The summed E-state index contributed by atoms with van der Waals surface area (Å²) in [7, 11) is 0. The lowest BCUT2D eigenvalue weighted by Crippen LogP contribution is -2.39. The van der Waals surface area contributed by atoms with E-state index >= 15 is 0 Å². The lowest BCUT2D eigenvalue weighted by molar-refractivity contribution is 0.0592. The van der Waals surface area contributed by atoms with Crippen LogP contribution in [-0.2, 0) is 0 Å². The van der Waals surface area contributed by atoms with Crippen molar-refractivity contribution in [3.05, 3.63) is 65.5 Å². The molecule has 1 atom stereocenters. The number of carbonyl (C=O) groups excluding carboxylic acids is 1. The molecule has 0 N–H and O–H groups in total. The third-order valence-electron chi connectivity index (χ3n) is 4.80. The molecule has 2 aromatic heterocycles. The number of amides is 1. The Labute approximate surface area is 167 Å². The number of halogens is 1. The van der Waals surface area contributed by atoms with Gasteiger partial charge in [-0.15, -0.1) is 0 Å². The minimum absolute atomic E-state index is 0.0891. The highest BCUT2D eigenvalue weighted by Gasteiger charge is 2.32. The van der Waals surface area contributed by atoms with E-state index in [4.69, 9.17) is 9.15 Å². The second-order valence-electron chi connectivity index (χ2n) is 7.00. The van der Waals surface area contributed by atoms with Crippen LogP contribution in [-0.4, -0.2) is 32.3 Å². The van der Waals surface area contributed by atoms with E-state index in [1.807, 2.05) is 6.92 Å². The first-order valence-corrected chi connectivity index (χ1v) is 9.52. The molecule has 1 saturated heterocycles. The van der Waals surface area contributed by atoms with Crippen LogP contribution < -0.4 is 4.74 Å². The summed E-state index contributed by atoms with van der Waals surface area (Å²) in [4.78, 5) is 27.9. The number of para-hydroxylation sites is 1. The predicted octanol–water partition coefficient (Wildman–Crippen LogP) is 4.38. The maximum atomic E-state index is 14.0. The SMILES string of the molecule is Cc1cc(Oc2ccccc2F)nc([C@H]2CCCCN2C(=O)c2coc(C)n2)n1. The van der Waals surface area contributed by atoms with Crippen molar-refractivity contribution >= 4 is 5.91 Å². The quantitative estimate of drug-likeness (QED) is 0.651. The van der Waals surface area contributed by atoms with E-state index < -0.39 is 5.82 Å². The van der Waals surface area contributed by atoms with Crippen LogP contribution in [0.2, 0.25) is 0 Å². The number of oxazole rings is 1. The molecule has 0 radical (unpaired) electrons. The van der Waals surface area contributed by atoms with Gasteiger partial charge in [-0.1, -0.05) is 12.1 Å². The van der Waals surface area contributed by atoms with Crippen LogP contribution in [0.3, 0.4) is 0 Å². The highest BCUT2D eigenvalue weighted by Crippen LogP contribution is 2.32. The van der Waals surface area contributed by atoms with Crippen molar-refractivity contribution in [2.75, 3.05) is 6.54 Å². The number of hydrogen-bond acceptors (Lipinski definition) is 6. The van der Waals surface area contributed by atoms with Gasteiger partial charge in [0, 0.05) is 25.2 Å². The average Bonchev–Trinajstić information content (AvgIpc) is 3.15. The number of rotatable bonds is 4. The highest BCUT2D eigenvalue weighted by atomic mass is 19.1. The summed E-state index contributed by atoms with van der Waals surface area (Å²) in [5.74, 6) is 0.562. The Bertz CT molecular complexity index is 1040. The molecule has 29 heavy (non-hydrogen) atoms. The molecule has 0 unspecified atom stereocenters. The average molecular weight is 396 g/mol. The molecule has 0 saturated carbocycles. The zero-order valence-corrected chi connectivity index (χ0v) is 16.3. The Hall–Kier alpha value is -3.29. The molecule has 0 spiro atoms. The number of piperidine rings is 1. The number of ether oxygens (including phenoxy) is 1. The third kappa shape index (κ3) is 4.11. The summed E-state index contributed by atoms with van der Waals surface area (Å²) in [5.41, 5.74) is 0.946. The Kier molecular flexibility index (Phi) is 5.24. The minimum Gasteiger partial charge on any atom is -0.448 e. The summed E-state index contributed by atoms with van der Waals surface area (Å²) < 4.78 is 24.8. The zero-order valence-electron chi connectivity index (χ0n) is 16.3. The van der Waals surface area contributed by atoms with Crippen LogP contribution in [0.1, 0.15) is 53.2 Å². The van der Waals surface area contributed by atoms with Gasteiger partial charge in [0.05, 0.1) is 6.04 Å². The van der Waals surface area contributed by atoms with E-state index in [0.717, 1.165) is 19.3 Å². The van der Waals surface area contributed by atoms with Gasteiger partial charge in [0.2, 0.25) is 5.88 Å². The van der Waals surface area contributed by atoms with Gasteiger partial charge >= 0.3 is 0 Å². The zero-order chi connectivity index (χ0) is 20.4. The molecule has 1 aliphatic rings. The molecule has 4 rings (SSSR count). The van der Waals surface area contributed by atoms with Gasteiger partial charge in [-0.3, -0.25) is 4.79 Å². The summed E-state index contributed by atoms with van der Waals surface area (Å²) in [6.45, 7) is 4.09. The first-order valence-electron chi connectivity index (χ1n) is 9.52. The van der Waals surface area contributed by atoms with Gasteiger partial charge in [0.15, 0.2) is 29.0 Å². The van der Waals surface area contributed by atoms with E-state index in [2.05, 4.69) is 15.0 Å². The van der Waals surface area contributed by atoms with Crippen molar-refractivity contribution in [3.63, 3.8) is 0 Å². The first kappa shape index (κ1) is 19.0. The van der Waals surface area contributed by atoms with Gasteiger partial charge in [-0.05, 0) is 38.3 Å². The molecular formula is C21H21FN4O3. The minimum atomic E-state index is -0.471. The van der Waals surface area contributed by atoms with Crippen LogP contribution in [0.25, 0.3) is 0 Å². The maximum absolute atomic E-state index is 14.0. The fraction of sp³-hybridized carbons (Fsp3) is 0.333. The van der Waals surface area contributed by atoms with Crippen molar-refractivity contribution in [3.8, 4) is 11.6 Å². The first-order chi connectivity index (χ1) is 14.0. The highest BCUT2D eigenvalue weighted by molar-refractivity contribution is 5.92. The van der Waals surface area contributed by atoms with Crippen LogP contribution in [0, 0.1) is 19.7 Å². The molecule has 1 aromatic carbocycles. The molecule has 0 aliphatic carbocycles. The number of likely N-dealkylation sites (tertiary alicyclic amines) is 1. The normalized spacial score (nSPS) is 16.7. The lowest BCUT2D eigenvalue weighted by Gasteiger charge is -2.34. The molecule has 3 heterocycles. The van der Waals surface area contributed by atoms with Gasteiger partial charge in [-0.2, -0.15) is 4.98 Å². The monoisotopic (exact) mass is 396 g/mol. The van der Waals surface area contributed by atoms with Crippen molar-refractivity contribution < 1.29 is 18.3 Å². The molecule has 3 aromatic rings. The third-order valence-corrected chi connectivity index (χ3v) is 4.80. The van der Waals surface area contributed by atoms with E-state index in [9.17, 15) is 9.18 Å². The predicted molar refractivity (Wildman–Crippen MR) is 102 cm³/mol. The molecule has 150 valence electrons. The van der Waals surface area contributed by atoms with Gasteiger partial charge in [0.25, 0.3) is 5.91 Å².